The van der Waals surface area contributed by atoms with Crippen LogP contribution >= 0.6 is 0 Å². The monoisotopic (exact) mass is 430 g/mol. The van der Waals surface area contributed by atoms with Crippen molar-refractivity contribution in [2.75, 3.05) is 6.54 Å². The van der Waals surface area contributed by atoms with Crippen LogP contribution in [0, 0.1) is 17.2 Å². The maximum Gasteiger partial charge on any atom is 0.243 e. The summed E-state index contributed by atoms with van der Waals surface area (Å²) in [5.74, 6) is -0.936. The first-order chi connectivity index (χ1) is 15.5. The third-order valence-corrected chi connectivity index (χ3v) is 5.90. The molecule has 3 heterocycles. The maximum absolute atomic E-state index is 13.0. The summed E-state index contributed by atoms with van der Waals surface area (Å²) in [5.41, 5.74) is 9.07. The molecule has 8 heteroatoms. The largest absolute Gasteiger partial charge is 0.357 e. The Hall–Kier alpha value is -3.70. The van der Waals surface area contributed by atoms with E-state index in [0.717, 1.165) is 22.2 Å². The lowest BCUT2D eigenvalue weighted by atomic mass is 10.0. The summed E-state index contributed by atoms with van der Waals surface area (Å²) < 4.78 is 0. The number of fused-ring (bicyclic) bond motifs is 1. The first-order valence-electron chi connectivity index (χ1n) is 10.7. The van der Waals surface area contributed by atoms with Crippen molar-refractivity contribution >= 4 is 22.7 Å². The van der Waals surface area contributed by atoms with Gasteiger partial charge in [-0.2, -0.15) is 5.26 Å². The lowest BCUT2D eigenvalue weighted by molar-refractivity contribution is -0.139. The standard InChI is InChI=1S/C24H26N6O2/c25-12-17-10-22(23(31)28-14-19-11-18-13-27-9-8-21(18)29-19)30(15-17)24(32)20(26)7-6-16-4-2-1-3-5-16/h1-5,8-9,11,13,17,20,22,29H,6-7,10,14-15,26H2,(H,28,31)/t17-,20-,22+/m1/s1. The molecule has 1 aliphatic heterocycles. The van der Waals surface area contributed by atoms with Gasteiger partial charge in [0.1, 0.15) is 6.04 Å². The number of aryl methyl sites for hydroxylation is 1. The molecule has 4 rings (SSSR count). The van der Waals surface area contributed by atoms with E-state index in [4.69, 9.17) is 5.73 Å². The van der Waals surface area contributed by atoms with Gasteiger partial charge in [0.15, 0.2) is 0 Å². The number of H-pyrrole nitrogens is 1. The molecule has 0 radical (unpaired) electrons. The van der Waals surface area contributed by atoms with E-state index in [1.807, 2.05) is 42.5 Å². The van der Waals surface area contributed by atoms with Crippen molar-refractivity contribution in [3.05, 3.63) is 66.1 Å². The number of nitrogens with two attached hydrogens (primary N) is 1. The third kappa shape index (κ3) is 4.79. The zero-order chi connectivity index (χ0) is 22.5. The minimum Gasteiger partial charge on any atom is -0.357 e. The van der Waals surface area contributed by atoms with Gasteiger partial charge in [0.05, 0.1) is 24.6 Å². The predicted molar refractivity (Wildman–Crippen MR) is 120 cm³/mol. The predicted octanol–water partition coefficient (Wildman–Crippen LogP) is 1.88. The van der Waals surface area contributed by atoms with Crippen LogP contribution in [0.15, 0.2) is 54.9 Å². The van der Waals surface area contributed by atoms with Crippen LogP contribution in [-0.2, 0) is 22.6 Å². The van der Waals surface area contributed by atoms with Gasteiger partial charge < -0.3 is 20.9 Å². The summed E-state index contributed by atoms with van der Waals surface area (Å²) in [6, 6.07) is 14.4. The normalized spacial score (nSPS) is 18.9. The number of carbonyl (C=O) groups is 2. The van der Waals surface area contributed by atoms with Gasteiger partial charge in [0.25, 0.3) is 0 Å². The molecule has 164 valence electrons. The maximum atomic E-state index is 13.0. The molecule has 2 amide bonds. The summed E-state index contributed by atoms with van der Waals surface area (Å²) >= 11 is 0. The van der Waals surface area contributed by atoms with Gasteiger partial charge in [-0.15, -0.1) is 0 Å². The minimum absolute atomic E-state index is 0.227. The fourth-order valence-electron chi connectivity index (χ4n) is 4.15. The highest BCUT2D eigenvalue weighted by atomic mass is 16.2. The number of benzene rings is 1. The Labute approximate surface area is 186 Å². The number of nitriles is 1. The van der Waals surface area contributed by atoms with Crippen LogP contribution in [0.3, 0.4) is 0 Å². The molecule has 8 nitrogen and oxygen atoms in total. The van der Waals surface area contributed by atoms with Gasteiger partial charge >= 0.3 is 0 Å². The second kappa shape index (κ2) is 9.62. The van der Waals surface area contributed by atoms with Gasteiger partial charge in [0.2, 0.25) is 11.8 Å². The fourth-order valence-corrected chi connectivity index (χ4v) is 4.15. The topological polar surface area (TPSA) is 128 Å². The van der Waals surface area contributed by atoms with E-state index >= 15 is 0 Å². The van der Waals surface area contributed by atoms with Gasteiger partial charge in [-0.1, -0.05) is 30.3 Å². The molecular formula is C24H26N6O2. The molecule has 1 fully saturated rings. The first-order valence-corrected chi connectivity index (χ1v) is 10.7. The van der Waals surface area contributed by atoms with Gasteiger partial charge in [-0.3, -0.25) is 14.6 Å². The van der Waals surface area contributed by atoms with Crippen LogP contribution in [-0.4, -0.2) is 45.3 Å². The molecule has 32 heavy (non-hydrogen) atoms. The van der Waals surface area contributed by atoms with E-state index in [1.165, 1.54) is 4.90 Å². The molecule has 0 saturated carbocycles. The third-order valence-electron chi connectivity index (χ3n) is 5.90. The van der Waals surface area contributed by atoms with E-state index in [9.17, 15) is 14.9 Å². The Balaban J connectivity index is 1.38. The summed E-state index contributed by atoms with van der Waals surface area (Å²) in [4.78, 5) is 34.8. The first kappa shape index (κ1) is 21.5. The van der Waals surface area contributed by atoms with Crippen molar-refractivity contribution in [3.63, 3.8) is 0 Å². The van der Waals surface area contributed by atoms with Crippen molar-refractivity contribution in [1.82, 2.24) is 20.2 Å². The van der Waals surface area contributed by atoms with Crippen LogP contribution in [0.25, 0.3) is 10.9 Å². The molecule has 3 aromatic rings. The van der Waals surface area contributed by atoms with Crippen LogP contribution in [0.2, 0.25) is 0 Å². The molecule has 0 aliphatic carbocycles. The quantitative estimate of drug-likeness (QED) is 0.527. The van der Waals surface area contributed by atoms with Crippen molar-refractivity contribution in [1.29, 1.82) is 5.26 Å². The molecule has 3 atom stereocenters. The van der Waals surface area contributed by atoms with E-state index in [-0.39, 0.29) is 24.3 Å². The zero-order valence-electron chi connectivity index (χ0n) is 17.7. The van der Waals surface area contributed by atoms with Crippen molar-refractivity contribution < 1.29 is 9.59 Å². The number of aromatic amines is 1. The Kier molecular flexibility index (Phi) is 6.47. The lowest BCUT2D eigenvalue weighted by Crippen LogP contribution is -2.51. The molecule has 0 spiro atoms. The van der Waals surface area contributed by atoms with E-state index in [2.05, 4.69) is 21.4 Å². The van der Waals surface area contributed by atoms with Crippen LogP contribution < -0.4 is 11.1 Å². The highest BCUT2D eigenvalue weighted by Crippen LogP contribution is 2.24. The van der Waals surface area contributed by atoms with Crippen LogP contribution in [0.1, 0.15) is 24.1 Å². The average molecular weight is 431 g/mol. The molecule has 1 saturated heterocycles. The molecule has 1 aromatic carbocycles. The fraction of sp³-hybridized carbons (Fsp3) is 0.333. The van der Waals surface area contributed by atoms with Crippen molar-refractivity contribution in [3.8, 4) is 6.07 Å². The lowest BCUT2D eigenvalue weighted by Gasteiger charge is -2.26. The molecular weight excluding hydrogens is 404 g/mol. The number of carbonyl (C=O) groups excluding carboxylic acids is 2. The van der Waals surface area contributed by atoms with Crippen molar-refractivity contribution in [2.24, 2.45) is 11.7 Å². The Bertz CT molecular complexity index is 1100. The number of nitrogens with one attached hydrogen (secondary N) is 2. The van der Waals surface area contributed by atoms with Gasteiger partial charge in [0, 0.05) is 35.5 Å². The number of amides is 2. The Morgan fingerprint density at radius 3 is 2.88 bits per heavy atom. The zero-order valence-corrected chi connectivity index (χ0v) is 17.7. The summed E-state index contributed by atoms with van der Waals surface area (Å²) in [7, 11) is 0. The smallest absolute Gasteiger partial charge is 0.243 e. The molecule has 1 aliphatic rings. The second-order valence-corrected chi connectivity index (χ2v) is 8.17. The summed E-state index contributed by atoms with van der Waals surface area (Å²) in [5, 5.41) is 13.2. The van der Waals surface area contributed by atoms with Crippen molar-refractivity contribution in [2.45, 2.75) is 37.9 Å². The second-order valence-electron chi connectivity index (χ2n) is 8.17. The van der Waals surface area contributed by atoms with Gasteiger partial charge in [-0.05, 0) is 37.0 Å². The van der Waals surface area contributed by atoms with Crippen LogP contribution in [0.5, 0.6) is 0 Å². The molecule has 4 N–H and O–H groups in total. The van der Waals surface area contributed by atoms with E-state index in [1.54, 1.807) is 12.4 Å². The molecule has 0 bridgehead atoms. The number of hydrogen-bond donors (Lipinski definition) is 3. The number of pyridine rings is 1. The number of aromatic nitrogens is 2. The molecule has 2 aromatic heterocycles. The molecule has 0 unspecified atom stereocenters. The number of hydrogen-bond acceptors (Lipinski definition) is 5. The summed E-state index contributed by atoms with van der Waals surface area (Å²) in [6.45, 7) is 0.522. The Morgan fingerprint density at radius 1 is 1.31 bits per heavy atom. The number of rotatable bonds is 7. The minimum atomic E-state index is -0.718. The highest BCUT2D eigenvalue weighted by molar-refractivity contribution is 5.90. The highest BCUT2D eigenvalue weighted by Gasteiger charge is 2.40. The number of likely N-dealkylation sites (tertiary alicyclic amines) is 1. The van der Waals surface area contributed by atoms with Gasteiger partial charge in [-0.25, -0.2) is 0 Å². The SMILES string of the molecule is N#C[C@H]1C[C@@H](C(=O)NCc2cc3cnccc3[nH]2)N(C(=O)[C@H](N)CCc2ccccc2)C1. The number of nitrogens with zero attached hydrogens (tertiary/aromatic N) is 3. The Morgan fingerprint density at radius 2 is 2.12 bits per heavy atom. The van der Waals surface area contributed by atoms with Crippen LogP contribution in [0.4, 0.5) is 0 Å². The summed E-state index contributed by atoms with van der Waals surface area (Å²) in [6.07, 6.45) is 4.93. The van der Waals surface area contributed by atoms with E-state index in [0.29, 0.717) is 25.8 Å². The average Bonchev–Trinajstić information content (AvgIpc) is 3.45. The van der Waals surface area contributed by atoms with E-state index < -0.39 is 12.1 Å².